The van der Waals surface area contributed by atoms with Crippen LogP contribution in [0.3, 0.4) is 0 Å². The number of halogens is 1. The van der Waals surface area contributed by atoms with Gasteiger partial charge in [-0.25, -0.2) is 8.42 Å². The van der Waals surface area contributed by atoms with Gasteiger partial charge in [0.1, 0.15) is 0 Å². The summed E-state index contributed by atoms with van der Waals surface area (Å²) in [5.41, 5.74) is 0.965. The van der Waals surface area contributed by atoms with E-state index < -0.39 is 10.0 Å². The smallest absolute Gasteiger partial charge is 0.207 e. The quantitative estimate of drug-likeness (QED) is 0.847. The van der Waals surface area contributed by atoms with Gasteiger partial charge in [0.05, 0.1) is 4.90 Å². The molecule has 3 nitrogen and oxygen atoms in total. The van der Waals surface area contributed by atoms with E-state index in [1.807, 2.05) is 37.3 Å². The molecular weight excluding hydrogens is 294 g/mol. The van der Waals surface area contributed by atoms with Crippen LogP contribution in [-0.4, -0.2) is 19.3 Å². The number of nitrogens with zero attached hydrogens (tertiary/aromatic N) is 1. The van der Waals surface area contributed by atoms with Crippen molar-refractivity contribution in [2.24, 2.45) is 0 Å². The first kappa shape index (κ1) is 15.0. The van der Waals surface area contributed by atoms with Crippen molar-refractivity contribution in [1.82, 2.24) is 4.31 Å². The summed E-state index contributed by atoms with van der Waals surface area (Å²) in [6.45, 7) is 2.61. The summed E-state index contributed by atoms with van der Waals surface area (Å²) in [6.07, 6.45) is 0. The first-order valence-corrected chi connectivity index (χ1v) is 8.15. The Kier molecular flexibility index (Phi) is 4.81. The molecule has 0 atom stereocenters. The lowest BCUT2D eigenvalue weighted by atomic mass is 10.2. The lowest BCUT2D eigenvalue weighted by Crippen LogP contribution is -2.30. The summed E-state index contributed by atoms with van der Waals surface area (Å²) >= 11 is 5.80. The Morgan fingerprint density at radius 3 is 2.15 bits per heavy atom. The fraction of sp³-hybridized carbons (Fsp3) is 0.200. The van der Waals surface area contributed by atoms with Gasteiger partial charge >= 0.3 is 0 Å². The van der Waals surface area contributed by atoms with Gasteiger partial charge in [-0.2, -0.15) is 4.31 Å². The zero-order valence-corrected chi connectivity index (χ0v) is 12.7. The maximum absolute atomic E-state index is 12.6. The van der Waals surface area contributed by atoms with Crippen LogP contribution in [0.25, 0.3) is 0 Å². The molecule has 106 valence electrons. The van der Waals surface area contributed by atoms with Gasteiger partial charge in [0.25, 0.3) is 0 Å². The van der Waals surface area contributed by atoms with Crippen molar-refractivity contribution in [3.05, 3.63) is 65.2 Å². The predicted octanol–water partition coefficient (Wildman–Crippen LogP) is 3.55. The molecule has 0 bridgehead atoms. The van der Waals surface area contributed by atoms with Gasteiger partial charge in [-0.1, -0.05) is 48.9 Å². The average molecular weight is 310 g/mol. The molecule has 0 aliphatic heterocycles. The Hall–Kier alpha value is -1.36. The van der Waals surface area contributed by atoms with Crippen LogP contribution in [0.4, 0.5) is 0 Å². The number of sulfonamides is 1. The maximum atomic E-state index is 12.6. The molecule has 0 saturated heterocycles. The van der Waals surface area contributed by atoms with Crippen molar-refractivity contribution in [1.29, 1.82) is 0 Å². The molecule has 0 heterocycles. The Labute approximate surface area is 124 Å². The fourth-order valence-corrected chi connectivity index (χ4v) is 3.47. The van der Waals surface area contributed by atoms with E-state index in [4.69, 9.17) is 11.6 Å². The van der Waals surface area contributed by atoms with E-state index in [1.54, 1.807) is 12.1 Å². The largest absolute Gasteiger partial charge is 0.243 e. The Morgan fingerprint density at radius 1 is 1.00 bits per heavy atom. The molecule has 0 aliphatic carbocycles. The molecular formula is C15H16ClNO2S. The number of rotatable bonds is 5. The molecule has 2 aromatic rings. The molecule has 0 N–H and O–H groups in total. The van der Waals surface area contributed by atoms with Crippen molar-refractivity contribution >= 4 is 21.6 Å². The fourth-order valence-electron chi connectivity index (χ4n) is 1.91. The van der Waals surface area contributed by atoms with Crippen molar-refractivity contribution < 1.29 is 8.42 Å². The minimum absolute atomic E-state index is 0.264. The van der Waals surface area contributed by atoms with Crippen LogP contribution >= 0.6 is 11.6 Å². The van der Waals surface area contributed by atoms with Crippen molar-refractivity contribution in [3.63, 3.8) is 0 Å². The van der Waals surface area contributed by atoms with Crippen molar-refractivity contribution in [3.8, 4) is 0 Å². The van der Waals surface area contributed by atoms with Gasteiger partial charge in [0.15, 0.2) is 0 Å². The molecule has 0 spiro atoms. The Bertz CT molecular complexity index is 654. The highest BCUT2D eigenvalue weighted by Crippen LogP contribution is 2.20. The summed E-state index contributed by atoms with van der Waals surface area (Å²) in [4.78, 5) is 0.264. The number of hydrogen-bond donors (Lipinski definition) is 0. The van der Waals surface area contributed by atoms with Crippen LogP contribution in [0.5, 0.6) is 0 Å². The first-order valence-electron chi connectivity index (χ1n) is 6.33. The molecule has 0 aromatic heterocycles. The average Bonchev–Trinajstić information content (AvgIpc) is 2.46. The van der Waals surface area contributed by atoms with Crippen LogP contribution < -0.4 is 0 Å². The number of hydrogen-bond acceptors (Lipinski definition) is 2. The zero-order chi connectivity index (χ0) is 14.6. The lowest BCUT2D eigenvalue weighted by molar-refractivity contribution is 0.423. The summed E-state index contributed by atoms with van der Waals surface area (Å²) in [5, 5.41) is 0.523. The molecule has 2 aromatic carbocycles. The minimum atomic E-state index is -3.49. The van der Waals surface area contributed by atoms with Gasteiger partial charge in [-0.15, -0.1) is 0 Å². The van der Waals surface area contributed by atoms with E-state index in [-0.39, 0.29) is 4.90 Å². The minimum Gasteiger partial charge on any atom is -0.207 e. The third kappa shape index (κ3) is 3.39. The third-order valence-electron chi connectivity index (χ3n) is 3.01. The summed E-state index contributed by atoms with van der Waals surface area (Å²) in [5.74, 6) is 0. The lowest BCUT2D eigenvalue weighted by Gasteiger charge is -2.20. The van der Waals surface area contributed by atoms with E-state index in [1.165, 1.54) is 16.4 Å². The van der Waals surface area contributed by atoms with Crippen LogP contribution in [0, 0.1) is 0 Å². The second-order valence-electron chi connectivity index (χ2n) is 4.37. The molecule has 0 saturated carbocycles. The van der Waals surface area contributed by atoms with Crippen molar-refractivity contribution in [2.75, 3.05) is 6.54 Å². The normalized spacial score (nSPS) is 11.8. The first-order chi connectivity index (χ1) is 9.54. The summed E-state index contributed by atoms with van der Waals surface area (Å²) in [6, 6.07) is 15.8. The molecule has 0 radical (unpaired) electrons. The highest BCUT2D eigenvalue weighted by molar-refractivity contribution is 7.89. The van der Waals surface area contributed by atoms with Crippen LogP contribution in [0.2, 0.25) is 5.02 Å². The second-order valence-corrected chi connectivity index (χ2v) is 6.75. The monoisotopic (exact) mass is 309 g/mol. The van der Waals surface area contributed by atoms with Gasteiger partial charge in [-0.3, -0.25) is 0 Å². The van der Waals surface area contributed by atoms with Crippen LogP contribution in [0.1, 0.15) is 12.5 Å². The highest BCUT2D eigenvalue weighted by Gasteiger charge is 2.22. The zero-order valence-electron chi connectivity index (χ0n) is 11.2. The molecule has 0 amide bonds. The topological polar surface area (TPSA) is 37.4 Å². The standard InChI is InChI=1S/C15H16ClNO2S/c1-2-17(12-13-6-4-3-5-7-13)20(18,19)15-10-8-14(16)9-11-15/h3-11H,2,12H2,1H3. The summed E-state index contributed by atoms with van der Waals surface area (Å²) < 4.78 is 26.6. The molecule has 5 heteroatoms. The van der Waals surface area contributed by atoms with E-state index >= 15 is 0 Å². The highest BCUT2D eigenvalue weighted by atomic mass is 35.5. The van der Waals surface area contributed by atoms with Gasteiger partial charge in [0.2, 0.25) is 10.0 Å². The van der Waals surface area contributed by atoms with E-state index in [2.05, 4.69) is 0 Å². The summed E-state index contributed by atoms with van der Waals surface area (Å²) in [7, 11) is -3.49. The molecule has 2 rings (SSSR count). The van der Waals surface area contributed by atoms with Crippen LogP contribution in [-0.2, 0) is 16.6 Å². The molecule has 0 aliphatic rings. The maximum Gasteiger partial charge on any atom is 0.243 e. The van der Waals surface area contributed by atoms with E-state index in [0.717, 1.165) is 5.56 Å². The van der Waals surface area contributed by atoms with Gasteiger partial charge in [-0.05, 0) is 29.8 Å². The van der Waals surface area contributed by atoms with Gasteiger partial charge in [0, 0.05) is 18.1 Å². The van der Waals surface area contributed by atoms with Gasteiger partial charge < -0.3 is 0 Å². The van der Waals surface area contributed by atoms with Crippen LogP contribution in [0.15, 0.2) is 59.5 Å². The SMILES string of the molecule is CCN(Cc1ccccc1)S(=O)(=O)c1ccc(Cl)cc1. The Morgan fingerprint density at radius 2 is 1.60 bits per heavy atom. The molecule has 20 heavy (non-hydrogen) atoms. The Balaban J connectivity index is 2.28. The molecule has 0 unspecified atom stereocenters. The van der Waals surface area contributed by atoms with Crippen molar-refractivity contribution in [2.45, 2.75) is 18.4 Å². The predicted molar refractivity (Wildman–Crippen MR) is 81.2 cm³/mol. The van der Waals surface area contributed by atoms with E-state index in [9.17, 15) is 8.42 Å². The molecule has 0 fully saturated rings. The number of benzene rings is 2. The second kappa shape index (κ2) is 6.39. The van der Waals surface area contributed by atoms with E-state index in [0.29, 0.717) is 18.1 Å². The third-order valence-corrected chi connectivity index (χ3v) is 5.19.